The first-order valence-electron chi connectivity index (χ1n) is 5.84. The summed E-state index contributed by atoms with van der Waals surface area (Å²) in [7, 11) is 0.921. The van der Waals surface area contributed by atoms with Crippen molar-refractivity contribution in [3.8, 4) is 11.5 Å². The average Bonchev–Trinajstić information content (AvgIpc) is 2.26. The van der Waals surface area contributed by atoms with E-state index in [1.54, 1.807) is 7.11 Å². The van der Waals surface area contributed by atoms with Crippen LogP contribution in [0.4, 0.5) is 0 Å². The summed E-state index contributed by atoms with van der Waals surface area (Å²) >= 11 is 3.50. The lowest BCUT2D eigenvalue weighted by atomic mass is 10.2. The largest absolute Gasteiger partial charge is 0.493 e. The van der Waals surface area contributed by atoms with Crippen molar-refractivity contribution in [1.82, 2.24) is 0 Å². The number of hydrogen-bond donors (Lipinski definition) is 0. The van der Waals surface area contributed by atoms with Crippen molar-refractivity contribution in [1.29, 1.82) is 0 Å². The standard InChI is InChI=1S/C13H21BrO2Si/c1-13(2,17(4)5)9-16-12-10(14)7-6-8-11(12)15-3/h6-8,17H,9H2,1-5H3. The summed E-state index contributed by atoms with van der Waals surface area (Å²) in [6.07, 6.45) is 0. The second-order valence-corrected chi connectivity index (χ2v) is 9.93. The van der Waals surface area contributed by atoms with Crippen LogP contribution in [0.1, 0.15) is 13.8 Å². The first kappa shape index (κ1) is 14.6. The van der Waals surface area contributed by atoms with Crippen molar-refractivity contribution in [2.45, 2.75) is 32.0 Å². The highest BCUT2D eigenvalue weighted by Crippen LogP contribution is 2.37. The number of benzene rings is 1. The van der Waals surface area contributed by atoms with Gasteiger partial charge in [-0.1, -0.05) is 33.0 Å². The molecule has 0 aliphatic rings. The van der Waals surface area contributed by atoms with Gasteiger partial charge in [-0.25, -0.2) is 0 Å². The number of para-hydroxylation sites is 1. The van der Waals surface area contributed by atoms with Gasteiger partial charge in [0.05, 0.1) is 18.2 Å². The molecule has 0 aliphatic heterocycles. The molecule has 2 nitrogen and oxygen atoms in total. The minimum atomic E-state index is -0.742. The van der Waals surface area contributed by atoms with Crippen molar-refractivity contribution >= 4 is 24.7 Å². The predicted octanol–water partition coefficient (Wildman–Crippen LogP) is 4.10. The highest BCUT2D eigenvalue weighted by atomic mass is 79.9. The fraction of sp³-hybridized carbons (Fsp3) is 0.538. The van der Waals surface area contributed by atoms with Gasteiger partial charge in [-0.3, -0.25) is 0 Å². The molecule has 4 heteroatoms. The maximum Gasteiger partial charge on any atom is 0.175 e. The molecule has 0 N–H and O–H groups in total. The van der Waals surface area contributed by atoms with Gasteiger partial charge in [-0.15, -0.1) is 0 Å². The summed E-state index contributed by atoms with van der Waals surface area (Å²) in [6.45, 7) is 9.97. The van der Waals surface area contributed by atoms with Crippen LogP contribution in [0.15, 0.2) is 22.7 Å². The van der Waals surface area contributed by atoms with Crippen LogP contribution in [0.3, 0.4) is 0 Å². The lowest BCUT2D eigenvalue weighted by Gasteiger charge is -2.28. The van der Waals surface area contributed by atoms with Crippen molar-refractivity contribution < 1.29 is 9.47 Å². The number of rotatable bonds is 5. The van der Waals surface area contributed by atoms with Crippen molar-refractivity contribution in [2.75, 3.05) is 13.7 Å². The second-order valence-electron chi connectivity index (χ2n) is 5.20. The van der Waals surface area contributed by atoms with E-state index in [0.29, 0.717) is 0 Å². The van der Waals surface area contributed by atoms with Crippen LogP contribution in [0.25, 0.3) is 0 Å². The Bertz CT molecular complexity index is 378. The van der Waals surface area contributed by atoms with Gasteiger partial charge in [0.1, 0.15) is 0 Å². The monoisotopic (exact) mass is 316 g/mol. The minimum Gasteiger partial charge on any atom is -0.493 e. The zero-order valence-electron chi connectivity index (χ0n) is 11.2. The zero-order valence-corrected chi connectivity index (χ0v) is 14.0. The summed E-state index contributed by atoms with van der Waals surface area (Å²) in [6, 6.07) is 5.83. The van der Waals surface area contributed by atoms with Gasteiger partial charge in [0, 0.05) is 8.80 Å². The molecule has 0 fully saturated rings. The van der Waals surface area contributed by atoms with Crippen LogP contribution in [0.2, 0.25) is 18.1 Å². The Hall–Kier alpha value is -0.483. The number of hydrogen-bond acceptors (Lipinski definition) is 2. The first-order chi connectivity index (χ1) is 7.88. The molecule has 0 atom stereocenters. The Morgan fingerprint density at radius 2 is 1.94 bits per heavy atom. The van der Waals surface area contributed by atoms with Gasteiger partial charge in [-0.05, 0) is 33.1 Å². The third-order valence-corrected chi connectivity index (χ3v) is 7.22. The van der Waals surface area contributed by atoms with Gasteiger partial charge in [-0.2, -0.15) is 0 Å². The Morgan fingerprint density at radius 3 is 2.47 bits per heavy atom. The van der Waals surface area contributed by atoms with E-state index in [0.717, 1.165) is 22.6 Å². The van der Waals surface area contributed by atoms with E-state index < -0.39 is 8.80 Å². The third kappa shape index (κ3) is 3.74. The number of ether oxygens (including phenoxy) is 2. The molecule has 0 aromatic heterocycles. The van der Waals surface area contributed by atoms with Crippen molar-refractivity contribution in [3.63, 3.8) is 0 Å². The molecule has 0 heterocycles. The van der Waals surface area contributed by atoms with E-state index in [2.05, 4.69) is 42.9 Å². The summed E-state index contributed by atoms with van der Waals surface area (Å²) in [5.74, 6) is 1.58. The summed E-state index contributed by atoms with van der Waals surface area (Å²) in [5.41, 5.74) is 0. The van der Waals surface area contributed by atoms with Gasteiger partial charge in [0.15, 0.2) is 11.5 Å². The lowest BCUT2D eigenvalue weighted by Crippen LogP contribution is -2.27. The molecule has 0 aliphatic carbocycles. The van der Waals surface area contributed by atoms with Crippen LogP contribution in [-0.4, -0.2) is 22.5 Å². The quantitative estimate of drug-likeness (QED) is 0.761. The molecule has 0 spiro atoms. The van der Waals surface area contributed by atoms with Crippen LogP contribution < -0.4 is 9.47 Å². The SMILES string of the molecule is COc1cccc(Br)c1OCC(C)(C)[SiH](C)C. The summed E-state index contributed by atoms with van der Waals surface area (Å²) in [5, 5.41) is 0.278. The molecule has 0 radical (unpaired) electrons. The second kappa shape index (κ2) is 5.91. The van der Waals surface area contributed by atoms with E-state index in [1.165, 1.54) is 0 Å². The van der Waals surface area contributed by atoms with Crippen LogP contribution >= 0.6 is 15.9 Å². The Labute approximate surface area is 114 Å². The normalized spacial score (nSPS) is 11.7. The fourth-order valence-electron chi connectivity index (χ4n) is 1.21. The third-order valence-electron chi connectivity index (χ3n) is 3.30. The van der Waals surface area contributed by atoms with Crippen LogP contribution in [0.5, 0.6) is 11.5 Å². The molecule has 1 rings (SSSR count). The molecule has 1 aromatic rings. The Morgan fingerprint density at radius 1 is 1.29 bits per heavy atom. The summed E-state index contributed by atoms with van der Waals surface area (Å²) < 4.78 is 12.2. The highest BCUT2D eigenvalue weighted by Gasteiger charge is 2.25. The van der Waals surface area contributed by atoms with E-state index in [1.807, 2.05) is 18.2 Å². The molecule has 0 saturated carbocycles. The maximum atomic E-state index is 5.95. The zero-order chi connectivity index (χ0) is 13.1. The van der Waals surface area contributed by atoms with Crippen molar-refractivity contribution in [2.24, 2.45) is 0 Å². The summed E-state index contributed by atoms with van der Waals surface area (Å²) in [4.78, 5) is 0. The minimum absolute atomic E-state index is 0.278. The fourth-order valence-corrected chi connectivity index (χ4v) is 2.09. The van der Waals surface area contributed by atoms with Gasteiger partial charge >= 0.3 is 0 Å². The molecule has 96 valence electrons. The van der Waals surface area contributed by atoms with E-state index in [-0.39, 0.29) is 5.04 Å². The molecule has 0 bridgehead atoms. The number of methoxy groups -OCH3 is 1. The Balaban J connectivity index is 2.82. The van der Waals surface area contributed by atoms with Crippen LogP contribution in [0, 0.1) is 0 Å². The molecule has 0 unspecified atom stereocenters. The molecular weight excluding hydrogens is 296 g/mol. The maximum absolute atomic E-state index is 5.95. The predicted molar refractivity (Wildman–Crippen MR) is 79.1 cm³/mol. The molecule has 1 aromatic carbocycles. The van der Waals surface area contributed by atoms with Crippen LogP contribution in [-0.2, 0) is 0 Å². The van der Waals surface area contributed by atoms with E-state index >= 15 is 0 Å². The van der Waals surface area contributed by atoms with Gasteiger partial charge < -0.3 is 9.47 Å². The first-order valence-corrected chi connectivity index (χ1v) is 9.51. The molecular formula is C13H21BrO2Si. The molecule has 0 saturated heterocycles. The number of halogens is 1. The molecule has 17 heavy (non-hydrogen) atoms. The molecule has 0 amide bonds. The Kier molecular flexibility index (Phi) is 5.07. The highest BCUT2D eigenvalue weighted by molar-refractivity contribution is 9.10. The van der Waals surface area contributed by atoms with E-state index in [9.17, 15) is 0 Å². The lowest BCUT2D eigenvalue weighted by molar-refractivity contribution is 0.260. The van der Waals surface area contributed by atoms with Gasteiger partial charge in [0.2, 0.25) is 0 Å². The smallest absolute Gasteiger partial charge is 0.175 e. The van der Waals surface area contributed by atoms with E-state index in [4.69, 9.17) is 9.47 Å². The van der Waals surface area contributed by atoms with Crippen molar-refractivity contribution in [3.05, 3.63) is 22.7 Å². The average molecular weight is 317 g/mol. The van der Waals surface area contributed by atoms with Gasteiger partial charge in [0.25, 0.3) is 0 Å². The topological polar surface area (TPSA) is 18.5 Å².